The van der Waals surface area contributed by atoms with Crippen LogP contribution in [-0.4, -0.2) is 11.5 Å². The smallest absolute Gasteiger partial charge is 0.0340 e. The lowest BCUT2D eigenvalue weighted by Crippen LogP contribution is -1.94. The number of hydrogen-bond donors (Lipinski definition) is 1. The van der Waals surface area contributed by atoms with Crippen LogP contribution in [0.25, 0.3) is 6.08 Å². The van der Waals surface area contributed by atoms with Gasteiger partial charge < -0.3 is 5.73 Å². The summed E-state index contributed by atoms with van der Waals surface area (Å²) in [4.78, 5) is 4.08. The summed E-state index contributed by atoms with van der Waals surface area (Å²) in [5.41, 5.74) is 7.68. The molecule has 2 nitrogen and oxygen atoms in total. The molecule has 0 aliphatic carbocycles. The summed E-state index contributed by atoms with van der Waals surface area (Å²) in [6.45, 7) is 2.74. The van der Waals surface area contributed by atoms with Gasteiger partial charge in [0.2, 0.25) is 0 Å². The van der Waals surface area contributed by atoms with Gasteiger partial charge >= 0.3 is 0 Å². The van der Waals surface area contributed by atoms with Crippen LogP contribution in [-0.2, 0) is 0 Å². The summed E-state index contributed by atoms with van der Waals surface area (Å²) in [5, 5.41) is 0. The van der Waals surface area contributed by atoms with Crippen molar-refractivity contribution in [1.82, 2.24) is 4.98 Å². The van der Waals surface area contributed by atoms with E-state index >= 15 is 0 Å². The first-order valence-corrected chi connectivity index (χ1v) is 4.11. The maximum atomic E-state index is 5.36. The predicted molar refractivity (Wildman–Crippen MR) is 51.7 cm³/mol. The first kappa shape index (κ1) is 8.94. The number of nitrogens with two attached hydrogens (primary N) is 1. The van der Waals surface area contributed by atoms with E-state index in [-0.39, 0.29) is 0 Å². The fourth-order valence-electron chi connectivity index (χ4n) is 0.985. The Bertz CT molecular complexity index is 266. The molecule has 0 radical (unpaired) electrons. The number of aryl methyl sites for hydroxylation is 1. The molecule has 0 fully saturated rings. The number of aromatic nitrogens is 1. The third kappa shape index (κ3) is 2.84. The minimum atomic E-state index is 0.704. The van der Waals surface area contributed by atoms with E-state index in [1.165, 1.54) is 5.56 Å². The highest BCUT2D eigenvalue weighted by Gasteiger charge is 1.86. The average Bonchev–Trinajstić information content (AvgIpc) is 2.05. The van der Waals surface area contributed by atoms with Gasteiger partial charge in [-0.05, 0) is 37.1 Å². The molecule has 0 spiro atoms. The lowest BCUT2D eigenvalue weighted by atomic mass is 10.2. The predicted octanol–water partition coefficient (Wildman–Crippen LogP) is 1.75. The monoisotopic (exact) mass is 162 g/mol. The maximum absolute atomic E-state index is 5.36. The summed E-state index contributed by atoms with van der Waals surface area (Å²) in [7, 11) is 0. The van der Waals surface area contributed by atoms with Crippen molar-refractivity contribution in [3.05, 3.63) is 35.7 Å². The molecule has 12 heavy (non-hydrogen) atoms. The molecule has 0 unspecified atom stereocenters. The van der Waals surface area contributed by atoms with Crippen molar-refractivity contribution >= 4 is 6.08 Å². The van der Waals surface area contributed by atoms with Gasteiger partial charge in [-0.1, -0.05) is 12.2 Å². The van der Waals surface area contributed by atoms with Crippen LogP contribution in [0.1, 0.15) is 17.5 Å². The number of nitrogens with zero attached hydrogens (tertiary/aromatic N) is 1. The van der Waals surface area contributed by atoms with E-state index in [4.69, 9.17) is 5.73 Å². The van der Waals surface area contributed by atoms with Crippen LogP contribution in [0.5, 0.6) is 0 Å². The van der Waals surface area contributed by atoms with Crippen molar-refractivity contribution < 1.29 is 0 Å². The van der Waals surface area contributed by atoms with Gasteiger partial charge in [-0.15, -0.1) is 0 Å². The van der Waals surface area contributed by atoms with Gasteiger partial charge in [-0.2, -0.15) is 0 Å². The standard InChI is InChI=1S/C10H14N2/c1-9-6-10(8-12-7-9)4-2-3-5-11/h2,4,6-8H,3,5,11H2,1H3. The van der Waals surface area contributed by atoms with Crippen molar-refractivity contribution in [2.45, 2.75) is 13.3 Å². The van der Waals surface area contributed by atoms with Crippen molar-refractivity contribution in [3.8, 4) is 0 Å². The highest BCUT2D eigenvalue weighted by Crippen LogP contribution is 2.03. The van der Waals surface area contributed by atoms with E-state index < -0.39 is 0 Å². The molecule has 2 heteroatoms. The summed E-state index contributed by atoms with van der Waals surface area (Å²) < 4.78 is 0. The molecule has 64 valence electrons. The zero-order valence-corrected chi connectivity index (χ0v) is 7.33. The van der Waals surface area contributed by atoms with Crippen LogP contribution in [0.2, 0.25) is 0 Å². The minimum absolute atomic E-state index is 0.704. The molecule has 1 aromatic heterocycles. The molecular formula is C10H14N2. The normalized spacial score (nSPS) is 10.8. The van der Waals surface area contributed by atoms with E-state index in [2.05, 4.69) is 17.1 Å². The third-order valence-corrected chi connectivity index (χ3v) is 1.54. The van der Waals surface area contributed by atoms with E-state index in [0.29, 0.717) is 6.54 Å². The molecule has 0 atom stereocenters. The molecule has 1 aromatic rings. The quantitative estimate of drug-likeness (QED) is 0.735. The van der Waals surface area contributed by atoms with Crippen LogP contribution in [0.3, 0.4) is 0 Å². The minimum Gasteiger partial charge on any atom is -0.330 e. The topological polar surface area (TPSA) is 38.9 Å². The Kier molecular flexibility index (Phi) is 3.48. The van der Waals surface area contributed by atoms with Gasteiger partial charge in [0.1, 0.15) is 0 Å². The SMILES string of the molecule is Cc1cncc(C=CCCN)c1. The summed E-state index contributed by atoms with van der Waals surface area (Å²) in [6, 6.07) is 2.10. The first-order chi connectivity index (χ1) is 5.83. The van der Waals surface area contributed by atoms with Crippen molar-refractivity contribution in [2.24, 2.45) is 5.73 Å². The van der Waals surface area contributed by atoms with Gasteiger partial charge in [0, 0.05) is 12.4 Å². The van der Waals surface area contributed by atoms with Gasteiger partial charge in [0.05, 0.1) is 0 Å². The van der Waals surface area contributed by atoms with Crippen LogP contribution >= 0.6 is 0 Å². The molecule has 1 rings (SSSR count). The molecule has 0 bridgehead atoms. The van der Waals surface area contributed by atoms with Crippen molar-refractivity contribution in [1.29, 1.82) is 0 Å². The number of pyridine rings is 1. The van der Waals surface area contributed by atoms with Crippen LogP contribution in [0.15, 0.2) is 24.5 Å². The molecule has 0 saturated carbocycles. The molecule has 0 amide bonds. The Hall–Kier alpha value is -1.15. The summed E-state index contributed by atoms with van der Waals surface area (Å²) in [5.74, 6) is 0. The summed E-state index contributed by atoms with van der Waals surface area (Å²) >= 11 is 0. The lowest BCUT2D eigenvalue weighted by molar-refractivity contribution is 1.01. The molecule has 0 aliphatic heterocycles. The molecule has 2 N–H and O–H groups in total. The molecular weight excluding hydrogens is 148 g/mol. The Morgan fingerprint density at radius 1 is 1.50 bits per heavy atom. The van der Waals surface area contributed by atoms with Gasteiger partial charge in [-0.25, -0.2) is 0 Å². The van der Waals surface area contributed by atoms with E-state index in [9.17, 15) is 0 Å². The fraction of sp³-hybridized carbons (Fsp3) is 0.300. The van der Waals surface area contributed by atoms with E-state index in [1.54, 1.807) is 0 Å². The molecule has 1 heterocycles. The Morgan fingerprint density at radius 2 is 2.33 bits per heavy atom. The summed E-state index contributed by atoms with van der Waals surface area (Å²) in [6.07, 6.45) is 8.73. The Labute approximate surface area is 73.1 Å². The van der Waals surface area contributed by atoms with Crippen LogP contribution in [0, 0.1) is 6.92 Å². The Morgan fingerprint density at radius 3 is 3.00 bits per heavy atom. The third-order valence-electron chi connectivity index (χ3n) is 1.54. The Balaban J connectivity index is 2.63. The largest absolute Gasteiger partial charge is 0.330 e. The maximum Gasteiger partial charge on any atom is 0.0340 e. The highest BCUT2D eigenvalue weighted by molar-refractivity contribution is 5.48. The van der Waals surface area contributed by atoms with Gasteiger partial charge in [-0.3, -0.25) is 4.98 Å². The van der Waals surface area contributed by atoms with Gasteiger partial charge in [0.25, 0.3) is 0 Å². The second-order valence-electron chi connectivity index (χ2n) is 2.78. The fourth-order valence-corrected chi connectivity index (χ4v) is 0.985. The van der Waals surface area contributed by atoms with E-state index in [1.807, 2.05) is 25.4 Å². The molecule has 0 aliphatic rings. The zero-order valence-electron chi connectivity index (χ0n) is 7.33. The van der Waals surface area contributed by atoms with Crippen LogP contribution < -0.4 is 5.73 Å². The average molecular weight is 162 g/mol. The highest BCUT2D eigenvalue weighted by atomic mass is 14.6. The van der Waals surface area contributed by atoms with E-state index in [0.717, 1.165) is 12.0 Å². The zero-order chi connectivity index (χ0) is 8.81. The molecule has 0 aromatic carbocycles. The number of hydrogen-bond acceptors (Lipinski definition) is 2. The number of rotatable bonds is 3. The second kappa shape index (κ2) is 4.67. The first-order valence-electron chi connectivity index (χ1n) is 4.11. The molecule has 0 saturated heterocycles. The second-order valence-corrected chi connectivity index (χ2v) is 2.78. The van der Waals surface area contributed by atoms with Crippen LogP contribution in [0.4, 0.5) is 0 Å². The van der Waals surface area contributed by atoms with Crippen molar-refractivity contribution in [2.75, 3.05) is 6.54 Å². The lowest BCUT2D eigenvalue weighted by Gasteiger charge is -1.93. The van der Waals surface area contributed by atoms with Gasteiger partial charge in [0.15, 0.2) is 0 Å². The van der Waals surface area contributed by atoms with Crippen molar-refractivity contribution in [3.63, 3.8) is 0 Å².